The van der Waals surface area contributed by atoms with Crippen LogP contribution in [0, 0.1) is 17.0 Å². The molecule has 0 aliphatic carbocycles. The normalized spacial score (nSPS) is 15.6. The van der Waals surface area contributed by atoms with E-state index in [0.29, 0.717) is 15.7 Å². The van der Waals surface area contributed by atoms with Crippen LogP contribution in [0.2, 0.25) is 0 Å². The number of carbonyl (C=O) groups excluding carboxylic acids is 2. The molecule has 0 bridgehead atoms. The van der Waals surface area contributed by atoms with Crippen LogP contribution in [-0.2, 0) is 9.59 Å². The molecule has 0 spiro atoms. The fourth-order valence-electron chi connectivity index (χ4n) is 2.36. The first-order valence-electron chi connectivity index (χ1n) is 7.24. The highest BCUT2D eigenvalue weighted by Gasteiger charge is 2.34. The number of hydrogen-bond donors (Lipinski definition) is 1. The second kappa shape index (κ2) is 6.48. The minimum atomic E-state index is -0.559. The fraction of sp³-hybridized carbons (Fsp3) is 0.0588. The molecule has 1 heterocycles. The van der Waals surface area contributed by atoms with Gasteiger partial charge in [0.2, 0.25) is 0 Å². The zero-order valence-corrected chi connectivity index (χ0v) is 14.6. The summed E-state index contributed by atoms with van der Waals surface area (Å²) < 4.78 is 0.322. The Bertz CT molecular complexity index is 922. The third-order valence-electron chi connectivity index (χ3n) is 3.66. The van der Waals surface area contributed by atoms with E-state index in [1.807, 2.05) is 19.1 Å². The van der Waals surface area contributed by atoms with Crippen molar-refractivity contribution >= 4 is 45.2 Å². The molecule has 0 aromatic heterocycles. The van der Waals surface area contributed by atoms with Gasteiger partial charge in [0.05, 0.1) is 15.1 Å². The lowest BCUT2D eigenvalue weighted by Gasteiger charge is -2.14. The van der Waals surface area contributed by atoms with E-state index in [1.54, 1.807) is 18.2 Å². The van der Waals surface area contributed by atoms with Crippen LogP contribution in [0.3, 0.4) is 0 Å². The van der Waals surface area contributed by atoms with E-state index in [1.165, 1.54) is 18.2 Å². The van der Waals surface area contributed by atoms with Crippen molar-refractivity contribution in [1.29, 1.82) is 0 Å². The number of rotatable bonds is 3. The highest BCUT2D eigenvalue weighted by molar-refractivity contribution is 9.10. The number of amides is 2. The summed E-state index contributed by atoms with van der Waals surface area (Å²) in [7, 11) is 0. The Morgan fingerprint density at radius 2 is 1.84 bits per heavy atom. The van der Waals surface area contributed by atoms with Gasteiger partial charge in [-0.3, -0.25) is 25.1 Å². The fourth-order valence-corrected chi connectivity index (χ4v) is 2.75. The summed E-state index contributed by atoms with van der Waals surface area (Å²) in [5, 5.41) is 12.2. The van der Waals surface area contributed by atoms with E-state index in [0.717, 1.165) is 10.6 Å². The molecule has 1 aliphatic rings. The lowest BCUT2D eigenvalue weighted by Crippen LogP contribution is -2.35. The lowest BCUT2D eigenvalue weighted by molar-refractivity contribution is -0.385. The van der Waals surface area contributed by atoms with Crippen LogP contribution in [0.5, 0.6) is 0 Å². The highest BCUT2D eigenvalue weighted by atomic mass is 79.9. The van der Waals surface area contributed by atoms with Crippen LogP contribution < -0.4 is 10.4 Å². The molecule has 126 valence electrons. The van der Waals surface area contributed by atoms with Gasteiger partial charge in [0.15, 0.2) is 0 Å². The molecule has 2 aromatic rings. The zero-order valence-electron chi connectivity index (χ0n) is 13.0. The Morgan fingerprint density at radius 1 is 1.16 bits per heavy atom. The summed E-state index contributed by atoms with van der Waals surface area (Å²) >= 11 is 3.10. The molecule has 1 aliphatic heterocycles. The Labute approximate surface area is 151 Å². The third-order valence-corrected chi connectivity index (χ3v) is 4.33. The lowest BCUT2D eigenvalue weighted by atomic mass is 10.1. The molecule has 7 nitrogen and oxygen atoms in total. The number of nitro benzene ring substituents is 1. The van der Waals surface area contributed by atoms with Crippen molar-refractivity contribution in [2.45, 2.75) is 6.92 Å². The molecule has 2 amide bonds. The van der Waals surface area contributed by atoms with Gasteiger partial charge in [-0.1, -0.05) is 23.8 Å². The molecular weight excluding hydrogens is 390 g/mol. The first kappa shape index (κ1) is 16.8. The molecule has 0 unspecified atom stereocenters. The van der Waals surface area contributed by atoms with Gasteiger partial charge in [0.25, 0.3) is 17.5 Å². The Hall–Kier alpha value is -3.00. The van der Waals surface area contributed by atoms with Gasteiger partial charge in [0, 0.05) is 6.07 Å². The average Bonchev–Trinajstić information content (AvgIpc) is 2.85. The summed E-state index contributed by atoms with van der Waals surface area (Å²) in [4.78, 5) is 35.1. The van der Waals surface area contributed by atoms with Crippen LogP contribution in [0.4, 0.5) is 11.4 Å². The number of aryl methyl sites for hydroxylation is 1. The van der Waals surface area contributed by atoms with E-state index < -0.39 is 16.7 Å². The molecule has 0 atom stereocenters. The number of nitrogens with zero attached hydrogens (tertiary/aromatic N) is 2. The van der Waals surface area contributed by atoms with Gasteiger partial charge in [0.1, 0.15) is 5.57 Å². The predicted octanol–water partition coefficient (Wildman–Crippen LogP) is 3.13. The van der Waals surface area contributed by atoms with Crippen LogP contribution in [0.1, 0.15) is 11.1 Å². The summed E-state index contributed by atoms with van der Waals surface area (Å²) in [5.41, 5.74) is 4.21. The van der Waals surface area contributed by atoms with Crippen LogP contribution in [0.15, 0.2) is 52.5 Å². The number of carbonyl (C=O) groups is 2. The SMILES string of the molecule is Cc1ccc(N2NC(=O)/C(=C/c3ccc(Br)c([N+](=O)[O-])c3)C2=O)cc1. The van der Waals surface area contributed by atoms with E-state index >= 15 is 0 Å². The van der Waals surface area contributed by atoms with Crippen molar-refractivity contribution in [3.8, 4) is 0 Å². The van der Waals surface area contributed by atoms with Crippen molar-refractivity contribution in [2.75, 3.05) is 5.01 Å². The summed E-state index contributed by atoms with van der Waals surface area (Å²) in [6.45, 7) is 1.92. The van der Waals surface area contributed by atoms with Crippen LogP contribution in [0.25, 0.3) is 6.08 Å². The maximum absolute atomic E-state index is 12.5. The van der Waals surface area contributed by atoms with E-state index in [2.05, 4.69) is 21.4 Å². The van der Waals surface area contributed by atoms with Crippen LogP contribution >= 0.6 is 15.9 Å². The number of hydrazine groups is 1. The van der Waals surface area contributed by atoms with E-state index in [-0.39, 0.29) is 11.3 Å². The molecule has 0 saturated carbocycles. The number of nitrogens with one attached hydrogen (secondary N) is 1. The van der Waals surface area contributed by atoms with Crippen molar-refractivity contribution in [2.24, 2.45) is 0 Å². The van der Waals surface area contributed by atoms with Gasteiger partial charge in [-0.15, -0.1) is 0 Å². The van der Waals surface area contributed by atoms with Gasteiger partial charge in [-0.25, -0.2) is 5.01 Å². The minimum Gasteiger partial charge on any atom is -0.267 e. The van der Waals surface area contributed by atoms with Gasteiger partial charge in [-0.05, 0) is 52.7 Å². The zero-order chi connectivity index (χ0) is 18.1. The number of halogens is 1. The topological polar surface area (TPSA) is 92.6 Å². The molecule has 1 saturated heterocycles. The first-order valence-corrected chi connectivity index (χ1v) is 8.04. The van der Waals surface area contributed by atoms with Crippen molar-refractivity contribution in [3.05, 3.63) is 73.8 Å². The molecule has 1 fully saturated rings. The molecular formula is C17H12BrN3O4. The molecule has 25 heavy (non-hydrogen) atoms. The quantitative estimate of drug-likeness (QED) is 0.370. The summed E-state index contributed by atoms with van der Waals surface area (Å²) in [6.07, 6.45) is 1.34. The first-order chi connectivity index (χ1) is 11.9. The van der Waals surface area contributed by atoms with Crippen molar-refractivity contribution < 1.29 is 14.5 Å². The maximum Gasteiger partial charge on any atom is 0.284 e. The molecule has 0 radical (unpaired) electrons. The standard InChI is InChI=1S/C17H12BrN3O4/c1-10-2-5-12(6-3-10)20-17(23)13(16(22)19-20)8-11-4-7-14(18)15(9-11)21(24)25/h2-9H,1H3,(H,19,22)/b13-8-. The Morgan fingerprint density at radius 3 is 2.48 bits per heavy atom. The monoisotopic (exact) mass is 401 g/mol. The largest absolute Gasteiger partial charge is 0.284 e. The molecule has 3 rings (SSSR count). The second-order valence-electron chi connectivity index (χ2n) is 5.44. The summed E-state index contributed by atoms with van der Waals surface area (Å²) in [6, 6.07) is 11.5. The smallest absolute Gasteiger partial charge is 0.267 e. The highest BCUT2D eigenvalue weighted by Crippen LogP contribution is 2.28. The minimum absolute atomic E-state index is 0.0859. The molecule has 8 heteroatoms. The van der Waals surface area contributed by atoms with Crippen molar-refractivity contribution in [3.63, 3.8) is 0 Å². The van der Waals surface area contributed by atoms with Crippen molar-refractivity contribution in [1.82, 2.24) is 5.43 Å². The average molecular weight is 402 g/mol. The van der Waals surface area contributed by atoms with Crippen LogP contribution in [-0.4, -0.2) is 16.7 Å². The Balaban J connectivity index is 1.95. The van der Waals surface area contributed by atoms with E-state index in [9.17, 15) is 19.7 Å². The van der Waals surface area contributed by atoms with E-state index in [4.69, 9.17) is 0 Å². The number of nitro groups is 1. The third kappa shape index (κ3) is 3.29. The number of benzene rings is 2. The predicted molar refractivity (Wildman–Crippen MR) is 95.6 cm³/mol. The molecule has 1 N–H and O–H groups in total. The van der Waals surface area contributed by atoms with Gasteiger partial charge >= 0.3 is 0 Å². The molecule has 2 aromatic carbocycles. The maximum atomic E-state index is 12.5. The number of hydrogen-bond acceptors (Lipinski definition) is 4. The second-order valence-corrected chi connectivity index (χ2v) is 6.30. The number of anilines is 1. The van der Waals surface area contributed by atoms with Gasteiger partial charge in [-0.2, -0.15) is 0 Å². The van der Waals surface area contributed by atoms with Gasteiger partial charge < -0.3 is 0 Å². The summed E-state index contributed by atoms with van der Waals surface area (Å²) in [5.74, 6) is -1.07. The Kier molecular flexibility index (Phi) is 4.37.